The highest BCUT2D eigenvalue weighted by atomic mass is 16.5. The Morgan fingerprint density at radius 3 is 2.45 bits per heavy atom. The first-order valence-corrected chi connectivity index (χ1v) is 7.47. The number of hydrogen-bond acceptors (Lipinski definition) is 3. The summed E-state index contributed by atoms with van der Waals surface area (Å²) in [4.78, 5) is 14.5. The molecule has 2 heterocycles. The Morgan fingerprint density at radius 1 is 1.10 bits per heavy atom. The molecule has 1 aromatic carbocycles. The van der Waals surface area contributed by atoms with Crippen molar-refractivity contribution in [2.75, 3.05) is 6.61 Å². The minimum Gasteiger partial charge on any atom is -0.462 e. The van der Waals surface area contributed by atoms with Crippen LogP contribution in [0.3, 0.4) is 0 Å². The van der Waals surface area contributed by atoms with Gasteiger partial charge in [-0.1, -0.05) is 51.1 Å². The zero-order valence-electron chi connectivity index (χ0n) is 12.5. The molecule has 3 heteroatoms. The van der Waals surface area contributed by atoms with Crippen LogP contribution in [0, 0.1) is 5.41 Å². The second-order valence-corrected chi connectivity index (χ2v) is 6.98. The topological polar surface area (TPSA) is 29.5 Å². The lowest BCUT2D eigenvalue weighted by Gasteiger charge is -2.44. The zero-order chi connectivity index (χ0) is 14.3. The minimum absolute atomic E-state index is 0.0380. The zero-order valence-corrected chi connectivity index (χ0v) is 12.5. The number of cyclic esters (lactones) is 1. The number of rotatable bonds is 1. The Labute approximate surface area is 120 Å². The molecular weight excluding hydrogens is 250 g/mol. The molecule has 3 nitrogen and oxygen atoms in total. The van der Waals surface area contributed by atoms with Gasteiger partial charge in [-0.05, 0) is 23.8 Å². The molecule has 1 aromatic rings. The van der Waals surface area contributed by atoms with Crippen LogP contribution in [0.1, 0.15) is 45.2 Å². The molecule has 3 atom stereocenters. The maximum Gasteiger partial charge on any atom is 0.323 e. The average molecular weight is 273 g/mol. The second kappa shape index (κ2) is 4.88. The highest BCUT2D eigenvalue weighted by Crippen LogP contribution is 2.43. The van der Waals surface area contributed by atoms with Crippen molar-refractivity contribution in [1.29, 1.82) is 0 Å². The monoisotopic (exact) mass is 273 g/mol. The van der Waals surface area contributed by atoms with Gasteiger partial charge in [0.2, 0.25) is 0 Å². The van der Waals surface area contributed by atoms with Gasteiger partial charge < -0.3 is 4.74 Å². The van der Waals surface area contributed by atoms with E-state index in [0.717, 1.165) is 12.8 Å². The first-order chi connectivity index (χ1) is 9.48. The Bertz CT molecular complexity index is 491. The van der Waals surface area contributed by atoms with E-state index in [1.165, 1.54) is 5.56 Å². The minimum atomic E-state index is -0.0572. The van der Waals surface area contributed by atoms with Crippen LogP contribution in [0.2, 0.25) is 0 Å². The summed E-state index contributed by atoms with van der Waals surface area (Å²) in [6, 6.07) is 11.0. The third kappa shape index (κ3) is 2.24. The van der Waals surface area contributed by atoms with Crippen LogP contribution in [-0.4, -0.2) is 29.6 Å². The molecule has 108 valence electrons. The molecule has 2 aliphatic heterocycles. The third-order valence-electron chi connectivity index (χ3n) is 4.63. The number of carbonyl (C=O) groups is 1. The molecule has 3 rings (SSSR count). The quantitative estimate of drug-likeness (QED) is 0.736. The summed E-state index contributed by atoms with van der Waals surface area (Å²) < 4.78 is 5.44. The van der Waals surface area contributed by atoms with Crippen molar-refractivity contribution in [1.82, 2.24) is 4.90 Å². The van der Waals surface area contributed by atoms with Gasteiger partial charge in [0.1, 0.15) is 12.6 Å². The SMILES string of the molecule is CC(C)(C)[C@@H]1CC[C@H]2C(=O)OC[C@H](c3ccccc3)N12. The summed E-state index contributed by atoms with van der Waals surface area (Å²) in [6.07, 6.45) is 2.00. The van der Waals surface area contributed by atoms with Gasteiger partial charge in [0.05, 0.1) is 6.04 Å². The van der Waals surface area contributed by atoms with E-state index in [1.54, 1.807) is 0 Å². The molecule has 0 aliphatic carbocycles. The smallest absolute Gasteiger partial charge is 0.323 e. The molecule has 20 heavy (non-hydrogen) atoms. The van der Waals surface area contributed by atoms with E-state index in [4.69, 9.17) is 4.74 Å². The van der Waals surface area contributed by atoms with E-state index < -0.39 is 0 Å². The first kappa shape index (κ1) is 13.6. The lowest BCUT2D eigenvalue weighted by molar-refractivity contribution is -0.163. The van der Waals surface area contributed by atoms with Crippen LogP contribution in [-0.2, 0) is 9.53 Å². The highest BCUT2D eigenvalue weighted by molar-refractivity contribution is 5.77. The van der Waals surface area contributed by atoms with E-state index in [0.29, 0.717) is 12.6 Å². The van der Waals surface area contributed by atoms with Crippen LogP contribution >= 0.6 is 0 Å². The van der Waals surface area contributed by atoms with Gasteiger partial charge >= 0.3 is 5.97 Å². The summed E-state index contributed by atoms with van der Waals surface area (Å²) in [6.45, 7) is 7.28. The van der Waals surface area contributed by atoms with Crippen LogP contribution in [0.15, 0.2) is 30.3 Å². The van der Waals surface area contributed by atoms with Gasteiger partial charge in [0, 0.05) is 6.04 Å². The van der Waals surface area contributed by atoms with E-state index in [1.807, 2.05) is 6.07 Å². The molecule has 2 fully saturated rings. The van der Waals surface area contributed by atoms with E-state index >= 15 is 0 Å². The molecular formula is C17H23NO2. The Morgan fingerprint density at radius 2 is 1.80 bits per heavy atom. The molecule has 0 amide bonds. The fourth-order valence-electron chi connectivity index (χ4n) is 3.67. The maximum absolute atomic E-state index is 12.1. The van der Waals surface area contributed by atoms with Crippen molar-refractivity contribution >= 4 is 5.97 Å². The molecule has 0 saturated carbocycles. The molecule has 0 radical (unpaired) electrons. The van der Waals surface area contributed by atoms with Crippen LogP contribution < -0.4 is 0 Å². The molecule has 0 unspecified atom stereocenters. The van der Waals surface area contributed by atoms with Gasteiger partial charge in [0.15, 0.2) is 0 Å². The van der Waals surface area contributed by atoms with Gasteiger partial charge in [-0.2, -0.15) is 0 Å². The van der Waals surface area contributed by atoms with Gasteiger partial charge in [-0.3, -0.25) is 9.69 Å². The number of nitrogens with zero attached hydrogens (tertiary/aromatic N) is 1. The fourth-order valence-corrected chi connectivity index (χ4v) is 3.67. The molecule has 2 saturated heterocycles. The number of hydrogen-bond donors (Lipinski definition) is 0. The van der Waals surface area contributed by atoms with E-state index in [-0.39, 0.29) is 23.5 Å². The van der Waals surface area contributed by atoms with Crippen molar-refractivity contribution < 1.29 is 9.53 Å². The van der Waals surface area contributed by atoms with Crippen molar-refractivity contribution in [3.05, 3.63) is 35.9 Å². The molecule has 0 spiro atoms. The predicted octanol–water partition coefficient (Wildman–Crippen LogP) is 3.16. The first-order valence-electron chi connectivity index (χ1n) is 7.47. The largest absolute Gasteiger partial charge is 0.462 e. The normalized spacial score (nSPS) is 30.9. The third-order valence-corrected chi connectivity index (χ3v) is 4.63. The molecule has 0 N–H and O–H groups in total. The van der Waals surface area contributed by atoms with Crippen molar-refractivity contribution in [3.8, 4) is 0 Å². The molecule has 2 aliphatic rings. The average Bonchev–Trinajstić information content (AvgIpc) is 2.86. The summed E-state index contributed by atoms with van der Waals surface area (Å²) in [5.74, 6) is -0.0380. The Kier molecular flexibility index (Phi) is 3.33. The van der Waals surface area contributed by atoms with Crippen molar-refractivity contribution in [2.45, 2.75) is 51.7 Å². The summed E-state index contributed by atoms with van der Waals surface area (Å²) in [5, 5.41) is 0. The van der Waals surface area contributed by atoms with Gasteiger partial charge in [0.25, 0.3) is 0 Å². The number of fused-ring (bicyclic) bond motifs is 1. The highest BCUT2D eigenvalue weighted by Gasteiger charge is 2.49. The van der Waals surface area contributed by atoms with E-state index in [2.05, 4.69) is 49.9 Å². The lowest BCUT2D eigenvalue weighted by Crippen LogP contribution is -2.53. The predicted molar refractivity (Wildman–Crippen MR) is 78.2 cm³/mol. The lowest BCUT2D eigenvalue weighted by atomic mass is 9.84. The fraction of sp³-hybridized carbons (Fsp3) is 0.588. The number of morpholine rings is 1. The summed E-state index contributed by atoms with van der Waals surface area (Å²) in [5.41, 5.74) is 1.43. The van der Waals surface area contributed by atoms with Crippen molar-refractivity contribution in [2.24, 2.45) is 5.41 Å². The maximum atomic E-state index is 12.1. The Balaban J connectivity index is 1.96. The number of ether oxygens (including phenoxy) is 1. The van der Waals surface area contributed by atoms with Crippen LogP contribution in [0.5, 0.6) is 0 Å². The van der Waals surface area contributed by atoms with Crippen molar-refractivity contribution in [3.63, 3.8) is 0 Å². The molecule has 0 aromatic heterocycles. The standard InChI is InChI=1S/C17H23NO2/c1-17(2,3)15-10-9-13-16(19)20-11-14(18(13)15)12-7-5-4-6-8-12/h4-8,13-15H,9-11H2,1-3H3/t13-,14+,15-/m0/s1. The van der Waals surface area contributed by atoms with E-state index in [9.17, 15) is 4.79 Å². The number of benzene rings is 1. The summed E-state index contributed by atoms with van der Waals surface area (Å²) >= 11 is 0. The Hall–Kier alpha value is -1.35. The van der Waals surface area contributed by atoms with Gasteiger partial charge in [-0.25, -0.2) is 0 Å². The molecule has 0 bridgehead atoms. The van der Waals surface area contributed by atoms with Crippen LogP contribution in [0.25, 0.3) is 0 Å². The van der Waals surface area contributed by atoms with Crippen LogP contribution in [0.4, 0.5) is 0 Å². The number of carbonyl (C=O) groups excluding carboxylic acids is 1. The van der Waals surface area contributed by atoms with Gasteiger partial charge in [-0.15, -0.1) is 0 Å². The number of esters is 1. The summed E-state index contributed by atoms with van der Waals surface area (Å²) in [7, 11) is 0. The second-order valence-electron chi connectivity index (χ2n) is 6.98.